The highest BCUT2D eigenvalue weighted by Gasteiger charge is 2.26. The third kappa shape index (κ3) is 2.85. The summed E-state index contributed by atoms with van der Waals surface area (Å²) in [6.07, 6.45) is 0. The molecule has 132 valence electrons. The molecular weight excluding hydrogens is 338 g/mol. The van der Waals surface area contributed by atoms with Gasteiger partial charge in [0, 0.05) is 11.1 Å². The average Bonchev–Trinajstić information content (AvgIpc) is 3.05. The number of aromatic amines is 1. The first-order valence-electron chi connectivity index (χ1n) is 8.46. The summed E-state index contributed by atoms with van der Waals surface area (Å²) in [5, 5.41) is 2.05. The maximum absolute atomic E-state index is 13.1. The number of H-pyrrole nitrogens is 1. The van der Waals surface area contributed by atoms with Gasteiger partial charge in [0.15, 0.2) is 0 Å². The van der Waals surface area contributed by atoms with Crippen molar-refractivity contribution in [2.45, 2.75) is 0 Å². The Hall–Kier alpha value is -3.86. The lowest BCUT2D eigenvalue weighted by Gasteiger charge is -2.08. The Morgan fingerprint density at radius 3 is 2.19 bits per heavy atom. The molecule has 0 aliphatic heterocycles. The van der Waals surface area contributed by atoms with Crippen LogP contribution < -0.4 is 11.5 Å². The zero-order valence-corrected chi connectivity index (χ0v) is 14.4. The van der Waals surface area contributed by atoms with Gasteiger partial charge in [0.05, 0.1) is 11.3 Å². The predicted molar refractivity (Wildman–Crippen MR) is 107 cm³/mol. The van der Waals surface area contributed by atoms with Crippen LogP contribution in [0.25, 0.3) is 21.9 Å². The Kier molecular flexibility index (Phi) is 3.97. The van der Waals surface area contributed by atoms with Gasteiger partial charge in [0.1, 0.15) is 5.82 Å². The van der Waals surface area contributed by atoms with Crippen LogP contribution in [0, 0.1) is 0 Å². The highest BCUT2D eigenvalue weighted by molar-refractivity contribution is 6.17. The number of hydrogen-bond acceptors (Lipinski definition) is 3. The van der Waals surface area contributed by atoms with Gasteiger partial charge in [-0.05, 0) is 22.4 Å². The quantitative estimate of drug-likeness (QED) is 0.486. The molecule has 0 aliphatic rings. The van der Waals surface area contributed by atoms with Crippen LogP contribution in [0.4, 0.5) is 5.82 Å². The standard InChI is InChI=1S/C22H17N3O2/c23-21-18(22(24)27)17(16-11-10-13-6-4-5-9-15(13)12-16)19(25-21)20(26)14-7-2-1-3-8-14/h1-12,25H,23H2,(H2,24,27). The molecule has 0 bridgehead atoms. The monoisotopic (exact) mass is 355 g/mol. The van der Waals surface area contributed by atoms with E-state index in [1.807, 2.05) is 48.5 Å². The van der Waals surface area contributed by atoms with E-state index < -0.39 is 5.91 Å². The van der Waals surface area contributed by atoms with Gasteiger partial charge in [-0.1, -0.05) is 66.7 Å². The fraction of sp³-hybridized carbons (Fsp3) is 0. The maximum Gasteiger partial charge on any atom is 0.253 e. The van der Waals surface area contributed by atoms with Crippen LogP contribution in [0.1, 0.15) is 26.4 Å². The van der Waals surface area contributed by atoms with Crippen molar-refractivity contribution in [2.75, 3.05) is 5.73 Å². The van der Waals surface area contributed by atoms with Crippen molar-refractivity contribution in [3.8, 4) is 11.1 Å². The molecule has 1 aromatic heterocycles. The molecule has 0 radical (unpaired) electrons. The van der Waals surface area contributed by atoms with E-state index in [9.17, 15) is 9.59 Å². The second-order valence-corrected chi connectivity index (χ2v) is 6.29. The molecule has 5 heteroatoms. The van der Waals surface area contributed by atoms with Crippen molar-refractivity contribution >= 4 is 28.3 Å². The summed E-state index contributed by atoms with van der Waals surface area (Å²) in [6, 6.07) is 22.4. The lowest BCUT2D eigenvalue weighted by Crippen LogP contribution is -2.13. The number of nitrogen functional groups attached to an aromatic ring is 1. The van der Waals surface area contributed by atoms with Crippen LogP contribution in [-0.2, 0) is 0 Å². The van der Waals surface area contributed by atoms with Crippen LogP contribution in [-0.4, -0.2) is 16.7 Å². The number of fused-ring (bicyclic) bond motifs is 1. The first-order valence-corrected chi connectivity index (χ1v) is 8.46. The minimum absolute atomic E-state index is 0.0879. The number of amides is 1. The number of rotatable bonds is 4. The van der Waals surface area contributed by atoms with Crippen LogP contribution in [0.5, 0.6) is 0 Å². The Morgan fingerprint density at radius 1 is 0.815 bits per heavy atom. The zero-order chi connectivity index (χ0) is 19.0. The number of nitrogens with two attached hydrogens (primary N) is 2. The van der Waals surface area contributed by atoms with Crippen molar-refractivity contribution in [2.24, 2.45) is 5.73 Å². The van der Waals surface area contributed by atoms with E-state index in [1.54, 1.807) is 24.3 Å². The molecule has 3 aromatic carbocycles. The first-order chi connectivity index (χ1) is 13.1. The number of aromatic nitrogens is 1. The summed E-state index contributed by atoms with van der Waals surface area (Å²) >= 11 is 0. The Morgan fingerprint density at radius 2 is 1.48 bits per heavy atom. The van der Waals surface area contributed by atoms with E-state index in [1.165, 1.54) is 0 Å². The van der Waals surface area contributed by atoms with Crippen LogP contribution in [0.3, 0.4) is 0 Å². The smallest absolute Gasteiger partial charge is 0.253 e. The summed E-state index contributed by atoms with van der Waals surface area (Å²) in [5.41, 5.74) is 13.6. The normalized spacial score (nSPS) is 10.8. The van der Waals surface area contributed by atoms with E-state index in [0.29, 0.717) is 16.7 Å². The molecule has 5 nitrogen and oxygen atoms in total. The van der Waals surface area contributed by atoms with Gasteiger partial charge in [0.25, 0.3) is 5.91 Å². The van der Waals surface area contributed by atoms with Gasteiger partial charge in [-0.25, -0.2) is 0 Å². The molecule has 0 unspecified atom stereocenters. The SMILES string of the molecule is NC(=O)c1c(N)[nH]c(C(=O)c2ccccc2)c1-c1ccc2ccccc2c1. The van der Waals surface area contributed by atoms with Crippen molar-refractivity contribution in [1.29, 1.82) is 0 Å². The highest BCUT2D eigenvalue weighted by atomic mass is 16.1. The summed E-state index contributed by atoms with van der Waals surface area (Å²) in [5.74, 6) is -0.845. The lowest BCUT2D eigenvalue weighted by atomic mass is 9.95. The number of carbonyl (C=O) groups is 2. The second kappa shape index (κ2) is 6.46. The van der Waals surface area contributed by atoms with Gasteiger partial charge in [0.2, 0.25) is 5.78 Å². The van der Waals surface area contributed by atoms with Gasteiger partial charge < -0.3 is 16.5 Å². The molecule has 0 aliphatic carbocycles. The molecule has 1 heterocycles. The molecule has 5 N–H and O–H groups in total. The van der Waals surface area contributed by atoms with E-state index >= 15 is 0 Å². The van der Waals surface area contributed by atoms with Crippen molar-refractivity contribution in [1.82, 2.24) is 4.98 Å². The molecule has 4 rings (SSSR count). The zero-order valence-electron chi connectivity index (χ0n) is 14.4. The van der Waals surface area contributed by atoms with E-state index in [-0.39, 0.29) is 22.9 Å². The summed E-state index contributed by atoms with van der Waals surface area (Å²) in [4.78, 5) is 28.0. The number of primary amides is 1. The molecule has 0 saturated carbocycles. The van der Waals surface area contributed by atoms with Crippen molar-refractivity contribution < 1.29 is 9.59 Å². The Labute approximate surface area is 155 Å². The number of anilines is 1. The number of benzene rings is 3. The molecule has 0 atom stereocenters. The molecule has 0 saturated heterocycles. The lowest BCUT2D eigenvalue weighted by molar-refractivity contribution is 0.100. The summed E-state index contributed by atoms with van der Waals surface area (Å²) in [6.45, 7) is 0. The van der Waals surface area contributed by atoms with Gasteiger partial charge >= 0.3 is 0 Å². The van der Waals surface area contributed by atoms with Crippen molar-refractivity contribution in [3.63, 3.8) is 0 Å². The fourth-order valence-corrected chi connectivity index (χ4v) is 3.31. The molecule has 0 fully saturated rings. The number of nitrogens with one attached hydrogen (secondary N) is 1. The van der Waals surface area contributed by atoms with Crippen LogP contribution >= 0.6 is 0 Å². The molecule has 1 amide bonds. The van der Waals surface area contributed by atoms with E-state index in [4.69, 9.17) is 11.5 Å². The third-order valence-electron chi connectivity index (χ3n) is 4.58. The molecular formula is C22H17N3O2. The maximum atomic E-state index is 13.1. The number of carbonyl (C=O) groups excluding carboxylic acids is 2. The molecule has 27 heavy (non-hydrogen) atoms. The van der Waals surface area contributed by atoms with Crippen LogP contribution in [0.2, 0.25) is 0 Å². The van der Waals surface area contributed by atoms with E-state index in [0.717, 1.165) is 10.8 Å². The van der Waals surface area contributed by atoms with Gasteiger partial charge in [-0.15, -0.1) is 0 Å². The minimum atomic E-state index is -0.681. The van der Waals surface area contributed by atoms with Gasteiger partial charge in [-0.3, -0.25) is 9.59 Å². The molecule has 4 aromatic rings. The second-order valence-electron chi connectivity index (χ2n) is 6.29. The number of ketones is 1. The third-order valence-corrected chi connectivity index (χ3v) is 4.58. The van der Waals surface area contributed by atoms with Crippen molar-refractivity contribution in [3.05, 3.63) is 89.6 Å². The minimum Gasteiger partial charge on any atom is -0.385 e. The predicted octanol–water partition coefficient (Wildman–Crippen LogP) is 3.75. The summed E-state index contributed by atoms with van der Waals surface area (Å²) in [7, 11) is 0. The average molecular weight is 355 g/mol. The molecule has 0 spiro atoms. The number of hydrogen-bond donors (Lipinski definition) is 3. The Bertz CT molecular complexity index is 1180. The van der Waals surface area contributed by atoms with E-state index in [2.05, 4.69) is 4.98 Å². The largest absolute Gasteiger partial charge is 0.385 e. The topological polar surface area (TPSA) is 102 Å². The van der Waals surface area contributed by atoms with Crippen LogP contribution in [0.15, 0.2) is 72.8 Å². The Balaban J connectivity index is 1.97. The first kappa shape index (κ1) is 16.6. The highest BCUT2D eigenvalue weighted by Crippen LogP contribution is 2.34. The van der Waals surface area contributed by atoms with Gasteiger partial charge in [-0.2, -0.15) is 0 Å². The fourth-order valence-electron chi connectivity index (χ4n) is 3.31. The summed E-state index contributed by atoms with van der Waals surface area (Å²) < 4.78 is 0.